The topological polar surface area (TPSA) is 23.5 Å². The van der Waals surface area contributed by atoms with Crippen molar-refractivity contribution in [3.05, 3.63) is 35.9 Å². The van der Waals surface area contributed by atoms with Crippen molar-refractivity contribution in [2.45, 2.75) is 44.8 Å². The number of likely N-dealkylation sites (tertiary alicyclic amines) is 1. The predicted molar refractivity (Wildman–Crippen MR) is 70.9 cm³/mol. The molecule has 2 nitrogen and oxygen atoms in total. The highest BCUT2D eigenvalue weighted by Crippen LogP contribution is 2.20. The lowest BCUT2D eigenvalue weighted by Crippen LogP contribution is -2.38. The Kier molecular flexibility index (Phi) is 4.57. The highest BCUT2D eigenvalue weighted by atomic mass is 16.3. The molecule has 0 radical (unpaired) electrons. The van der Waals surface area contributed by atoms with Gasteiger partial charge < -0.3 is 10.0 Å². The minimum atomic E-state index is -0.315. The molecule has 1 N–H and O–H groups in total. The number of rotatable bonds is 4. The fourth-order valence-corrected chi connectivity index (χ4v) is 2.62. The zero-order valence-corrected chi connectivity index (χ0v) is 10.7. The van der Waals surface area contributed by atoms with Crippen molar-refractivity contribution >= 4 is 0 Å². The van der Waals surface area contributed by atoms with Crippen LogP contribution in [0, 0.1) is 0 Å². The molecule has 0 saturated carbocycles. The van der Waals surface area contributed by atoms with Gasteiger partial charge in [0.25, 0.3) is 0 Å². The van der Waals surface area contributed by atoms with Crippen LogP contribution in [0.15, 0.2) is 30.3 Å². The Morgan fingerprint density at radius 2 is 2.06 bits per heavy atom. The molecule has 17 heavy (non-hydrogen) atoms. The molecular weight excluding hydrogens is 210 g/mol. The van der Waals surface area contributed by atoms with Gasteiger partial charge in [-0.3, -0.25) is 0 Å². The Balaban J connectivity index is 1.81. The van der Waals surface area contributed by atoms with Crippen molar-refractivity contribution in [3.63, 3.8) is 0 Å². The highest BCUT2D eigenvalue weighted by molar-refractivity contribution is 5.17. The van der Waals surface area contributed by atoms with E-state index in [0.29, 0.717) is 6.04 Å². The van der Waals surface area contributed by atoms with E-state index in [1.807, 2.05) is 30.3 Å². The number of benzene rings is 1. The maximum atomic E-state index is 10.1. The van der Waals surface area contributed by atoms with Crippen molar-refractivity contribution in [3.8, 4) is 0 Å². The van der Waals surface area contributed by atoms with Gasteiger partial charge in [-0.05, 0) is 38.3 Å². The van der Waals surface area contributed by atoms with Gasteiger partial charge in [-0.25, -0.2) is 0 Å². The van der Waals surface area contributed by atoms with E-state index in [-0.39, 0.29) is 6.10 Å². The molecule has 1 aromatic rings. The molecule has 0 bridgehead atoms. The van der Waals surface area contributed by atoms with E-state index in [1.54, 1.807) is 0 Å². The minimum absolute atomic E-state index is 0.315. The number of aliphatic hydroxyl groups excluding tert-OH is 1. The van der Waals surface area contributed by atoms with Crippen LogP contribution in [0.1, 0.15) is 44.3 Å². The molecule has 2 atom stereocenters. The van der Waals surface area contributed by atoms with Gasteiger partial charge in [-0.1, -0.05) is 36.8 Å². The van der Waals surface area contributed by atoms with E-state index >= 15 is 0 Å². The van der Waals surface area contributed by atoms with E-state index in [9.17, 15) is 5.11 Å². The second-order valence-corrected chi connectivity index (χ2v) is 5.10. The summed E-state index contributed by atoms with van der Waals surface area (Å²) in [4.78, 5) is 2.51. The van der Waals surface area contributed by atoms with Crippen LogP contribution in [0.3, 0.4) is 0 Å². The van der Waals surface area contributed by atoms with E-state index in [2.05, 4.69) is 11.8 Å². The molecule has 1 aromatic carbocycles. The SMILES string of the molecule is C[C@@H]1CCCCN1CC[C@H](O)c1ccccc1. The summed E-state index contributed by atoms with van der Waals surface area (Å²) in [6.07, 6.45) is 4.51. The highest BCUT2D eigenvalue weighted by Gasteiger charge is 2.18. The van der Waals surface area contributed by atoms with Crippen LogP contribution in [-0.4, -0.2) is 29.1 Å². The van der Waals surface area contributed by atoms with E-state index < -0.39 is 0 Å². The van der Waals surface area contributed by atoms with Crippen molar-refractivity contribution in [1.29, 1.82) is 0 Å². The number of piperidine rings is 1. The smallest absolute Gasteiger partial charge is 0.0802 e. The molecule has 0 amide bonds. The maximum Gasteiger partial charge on any atom is 0.0802 e. The number of nitrogens with zero attached hydrogens (tertiary/aromatic N) is 1. The molecule has 0 spiro atoms. The molecule has 1 fully saturated rings. The lowest BCUT2D eigenvalue weighted by molar-refractivity contribution is 0.109. The Morgan fingerprint density at radius 1 is 1.29 bits per heavy atom. The number of hydrogen-bond acceptors (Lipinski definition) is 2. The van der Waals surface area contributed by atoms with Gasteiger partial charge in [-0.15, -0.1) is 0 Å². The zero-order chi connectivity index (χ0) is 12.1. The lowest BCUT2D eigenvalue weighted by atomic mass is 10.0. The fourth-order valence-electron chi connectivity index (χ4n) is 2.62. The van der Waals surface area contributed by atoms with Crippen LogP contribution in [0.5, 0.6) is 0 Å². The van der Waals surface area contributed by atoms with Crippen molar-refractivity contribution < 1.29 is 5.11 Å². The summed E-state index contributed by atoms with van der Waals surface area (Å²) in [6.45, 7) is 4.51. The van der Waals surface area contributed by atoms with Gasteiger partial charge in [0.05, 0.1) is 6.10 Å². The summed E-state index contributed by atoms with van der Waals surface area (Å²) < 4.78 is 0. The van der Waals surface area contributed by atoms with Gasteiger partial charge in [0.15, 0.2) is 0 Å². The summed E-state index contributed by atoms with van der Waals surface area (Å²) in [7, 11) is 0. The molecular formula is C15H23NO. The van der Waals surface area contributed by atoms with Crippen LogP contribution in [0.2, 0.25) is 0 Å². The van der Waals surface area contributed by atoms with E-state index in [1.165, 1.54) is 25.8 Å². The first-order valence-corrected chi connectivity index (χ1v) is 6.74. The standard InChI is InChI=1S/C15H23NO/c1-13-7-5-6-11-16(13)12-10-15(17)14-8-3-2-4-9-14/h2-4,8-9,13,15,17H,5-7,10-12H2,1H3/t13-,15+/m1/s1. The number of aliphatic hydroxyl groups is 1. The molecule has 1 aliphatic heterocycles. The summed E-state index contributed by atoms with van der Waals surface area (Å²) >= 11 is 0. The Labute approximate surface area is 104 Å². The zero-order valence-electron chi connectivity index (χ0n) is 10.7. The van der Waals surface area contributed by atoms with Crippen molar-refractivity contribution in [2.24, 2.45) is 0 Å². The average Bonchev–Trinajstić information content (AvgIpc) is 2.38. The third-order valence-electron chi connectivity index (χ3n) is 3.81. The first-order valence-electron chi connectivity index (χ1n) is 6.74. The maximum absolute atomic E-state index is 10.1. The van der Waals surface area contributed by atoms with Gasteiger partial charge >= 0.3 is 0 Å². The van der Waals surface area contributed by atoms with Gasteiger partial charge in [-0.2, -0.15) is 0 Å². The number of hydrogen-bond donors (Lipinski definition) is 1. The van der Waals surface area contributed by atoms with E-state index in [4.69, 9.17) is 0 Å². The second kappa shape index (κ2) is 6.18. The molecule has 94 valence electrons. The average molecular weight is 233 g/mol. The van der Waals surface area contributed by atoms with Gasteiger partial charge in [0.1, 0.15) is 0 Å². The molecule has 1 aliphatic rings. The third-order valence-corrected chi connectivity index (χ3v) is 3.81. The second-order valence-electron chi connectivity index (χ2n) is 5.10. The first kappa shape index (κ1) is 12.6. The normalized spacial score (nSPS) is 23.5. The summed E-state index contributed by atoms with van der Waals surface area (Å²) in [6, 6.07) is 10.7. The van der Waals surface area contributed by atoms with Gasteiger partial charge in [0.2, 0.25) is 0 Å². The van der Waals surface area contributed by atoms with Crippen LogP contribution in [0.25, 0.3) is 0 Å². The predicted octanol–water partition coefficient (Wildman–Crippen LogP) is 2.98. The first-order chi connectivity index (χ1) is 8.27. The van der Waals surface area contributed by atoms with Crippen LogP contribution < -0.4 is 0 Å². The lowest BCUT2D eigenvalue weighted by Gasteiger charge is -2.33. The van der Waals surface area contributed by atoms with E-state index in [0.717, 1.165) is 18.5 Å². The molecule has 1 saturated heterocycles. The minimum Gasteiger partial charge on any atom is -0.388 e. The molecule has 1 heterocycles. The van der Waals surface area contributed by atoms with Gasteiger partial charge in [0, 0.05) is 12.6 Å². The summed E-state index contributed by atoms with van der Waals surface area (Å²) in [5, 5.41) is 10.1. The van der Waals surface area contributed by atoms with Crippen molar-refractivity contribution in [2.75, 3.05) is 13.1 Å². The third kappa shape index (κ3) is 3.55. The fraction of sp³-hybridized carbons (Fsp3) is 0.600. The van der Waals surface area contributed by atoms with Crippen LogP contribution in [-0.2, 0) is 0 Å². The van der Waals surface area contributed by atoms with Crippen LogP contribution >= 0.6 is 0 Å². The summed E-state index contributed by atoms with van der Waals surface area (Å²) in [5.41, 5.74) is 1.04. The van der Waals surface area contributed by atoms with Crippen LogP contribution in [0.4, 0.5) is 0 Å². The summed E-state index contributed by atoms with van der Waals surface area (Å²) in [5.74, 6) is 0. The van der Waals surface area contributed by atoms with Crippen molar-refractivity contribution in [1.82, 2.24) is 4.90 Å². The monoisotopic (exact) mass is 233 g/mol. The Hall–Kier alpha value is -0.860. The Bertz CT molecular complexity index is 325. The molecule has 0 unspecified atom stereocenters. The largest absolute Gasteiger partial charge is 0.388 e. The Morgan fingerprint density at radius 3 is 2.76 bits per heavy atom. The molecule has 0 aliphatic carbocycles. The molecule has 2 rings (SSSR count). The molecule has 0 aromatic heterocycles. The molecule has 2 heteroatoms. The quantitative estimate of drug-likeness (QED) is 0.864.